The lowest BCUT2D eigenvalue weighted by Crippen LogP contribution is -2.23. The normalized spacial score (nSPS) is 11.5. The zero-order chi connectivity index (χ0) is 22.7. The molecular weight excluding hydrogens is 554 g/mol. The van der Waals surface area contributed by atoms with Crippen LogP contribution in [0, 0.1) is 0 Å². The molecule has 3 rings (SSSR count). The van der Waals surface area contributed by atoms with E-state index in [1.807, 2.05) is 19.9 Å². The van der Waals surface area contributed by atoms with E-state index in [4.69, 9.17) is 16.3 Å². The Kier molecular flexibility index (Phi) is 7.51. The Hall–Kier alpha value is -2.23. The largest absolute Gasteiger partial charge is 0.479 e. The summed E-state index contributed by atoms with van der Waals surface area (Å²) >= 11 is 13.1. The molecule has 0 atom stereocenters. The average Bonchev–Trinajstić information content (AvgIpc) is 2.72. The van der Waals surface area contributed by atoms with Crippen molar-refractivity contribution in [3.8, 4) is 5.75 Å². The maximum Gasteiger partial charge on any atom is 0.343 e. The van der Waals surface area contributed by atoms with E-state index >= 15 is 0 Å². The van der Waals surface area contributed by atoms with E-state index in [-0.39, 0.29) is 23.1 Å². The van der Waals surface area contributed by atoms with Crippen molar-refractivity contribution in [3.05, 3.63) is 66.0 Å². The molecule has 7 nitrogen and oxygen atoms in total. The summed E-state index contributed by atoms with van der Waals surface area (Å²) in [7, 11) is 1.27. The van der Waals surface area contributed by atoms with Crippen LogP contribution in [0.5, 0.6) is 5.75 Å². The van der Waals surface area contributed by atoms with E-state index in [1.165, 1.54) is 18.0 Å². The van der Waals surface area contributed by atoms with Crippen LogP contribution in [0.2, 0.25) is 5.02 Å². The Bertz CT molecular complexity index is 1220. The van der Waals surface area contributed by atoms with Gasteiger partial charge in [0.1, 0.15) is 5.82 Å². The van der Waals surface area contributed by atoms with Gasteiger partial charge in [-0.15, -0.1) is 0 Å². The standard InChI is InChI=1S/C21H18Br2ClN3O4/c1-11(2)20-26-17-5-4-13(22)8-14(17)21(29)27(20)25-9-12-6-15(23)19(16(24)7-12)31-10-18(28)30-3/h4-9,11H,10H2,1-3H3. The molecule has 0 aliphatic heterocycles. The quantitative estimate of drug-likeness (QED) is 0.303. The van der Waals surface area contributed by atoms with E-state index in [0.29, 0.717) is 32.5 Å². The molecule has 0 aliphatic rings. The number of hydrogen-bond donors (Lipinski definition) is 0. The van der Waals surface area contributed by atoms with Gasteiger partial charge in [0.2, 0.25) is 0 Å². The Morgan fingerprint density at radius 3 is 2.68 bits per heavy atom. The molecule has 0 spiro atoms. The van der Waals surface area contributed by atoms with Gasteiger partial charge in [0.15, 0.2) is 12.4 Å². The van der Waals surface area contributed by atoms with Crippen molar-refractivity contribution in [2.75, 3.05) is 13.7 Å². The smallest absolute Gasteiger partial charge is 0.343 e. The molecule has 0 bridgehead atoms. The predicted octanol–water partition coefficient (Wildman–Crippen LogP) is 5.13. The van der Waals surface area contributed by atoms with E-state index in [2.05, 4.69) is 46.7 Å². The number of benzene rings is 2. The van der Waals surface area contributed by atoms with Gasteiger partial charge in [-0.1, -0.05) is 41.4 Å². The van der Waals surface area contributed by atoms with E-state index in [1.54, 1.807) is 24.3 Å². The molecule has 31 heavy (non-hydrogen) atoms. The average molecular weight is 572 g/mol. The fourth-order valence-corrected chi connectivity index (χ4v) is 4.11. The number of carbonyl (C=O) groups is 1. The van der Waals surface area contributed by atoms with Crippen molar-refractivity contribution in [1.29, 1.82) is 0 Å². The highest BCUT2D eigenvalue weighted by molar-refractivity contribution is 9.10. The van der Waals surface area contributed by atoms with Gasteiger partial charge < -0.3 is 9.47 Å². The SMILES string of the molecule is COC(=O)COc1c(Cl)cc(C=Nn2c(C(C)C)nc3ccc(Br)cc3c2=O)cc1Br. The third kappa shape index (κ3) is 5.34. The Labute approximate surface area is 200 Å². The second-order valence-electron chi connectivity index (χ2n) is 6.83. The topological polar surface area (TPSA) is 82.8 Å². The van der Waals surface area contributed by atoms with Gasteiger partial charge in [-0.25, -0.2) is 9.78 Å². The van der Waals surface area contributed by atoms with Crippen LogP contribution in [0.4, 0.5) is 0 Å². The van der Waals surface area contributed by atoms with E-state index in [0.717, 1.165) is 4.47 Å². The van der Waals surface area contributed by atoms with Crippen LogP contribution in [0.15, 0.2) is 49.2 Å². The zero-order valence-corrected chi connectivity index (χ0v) is 20.8. The number of methoxy groups -OCH3 is 1. The summed E-state index contributed by atoms with van der Waals surface area (Å²) in [6, 6.07) is 8.70. The van der Waals surface area contributed by atoms with Crippen LogP contribution in [0.1, 0.15) is 31.2 Å². The summed E-state index contributed by atoms with van der Waals surface area (Å²) in [5, 5.41) is 5.12. The first-order valence-corrected chi connectivity index (χ1v) is 11.1. The molecule has 162 valence electrons. The molecule has 0 aliphatic carbocycles. The minimum absolute atomic E-state index is 0.0256. The van der Waals surface area contributed by atoms with Crippen LogP contribution < -0.4 is 10.3 Å². The molecule has 0 saturated carbocycles. The number of esters is 1. The summed E-state index contributed by atoms with van der Waals surface area (Å²) in [5.74, 6) is 0.299. The lowest BCUT2D eigenvalue weighted by atomic mass is 10.2. The molecule has 0 unspecified atom stereocenters. The molecule has 10 heteroatoms. The summed E-state index contributed by atoms with van der Waals surface area (Å²) in [5.41, 5.74) is 0.967. The van der Waals surface area contributed by atoms with Gasteiger partial charge in [0.25, 0.3) is 5.56 Å². The molecule has 3 aromatic rings. The zero-order valence-electron chi connectivity index (χ0n) is 16.9. The predicted molar refractivity (Wildman–Crippen MR) is 127 cm³/mol. The number of fused-ring (bicyclic) bond motifs is 1. The molecule has 0 radical (unpaired) electrons. The molecule has 0 fully saturated rings. The van der Waals surface area contributed by atoms with Crippen molar-refractivity contribution in [1.82, 2.24) is 9.66 Å². The first kappa shape index (κ1) is 23.4. The third-order valence-electron chi connectivity index (χ3n) is 4.25. The van der Waals surface area contributed by atoms with Gasteiger partial charge >= 0.3 is 5.97 Å². The molecule has 0 amide bonds. The molecular formula is C21H18Br2ClN3O4. The summed E-state index contributed by atoms with van der Waals surface area (Å²) in [4.78, 5) is 29.0. The number of ether oxygens (including phenoxy) is 2. The number of rotatable bonds is 6. The second-order valence-corrected chi connectivity index (χ2v) is 9.00. The highest BCUT2D eigenvalue weighted by Crippen LogP contribution is 2.34. The summed E-state index contributed by atoms with van der Waals surface area (Å²) in [6.45, 7) is 3.62. The Morgan fingerprint density at radius 2 is 2.03 bits per heavy atom. The van der Waals surface area contributed by atoms with Crippen LogP contribution in [0.25, 0.3) is 10.9 Å². The van der Waals surface area contributed by atoms with Crippen LogP contribution in [0.3, 0.4) is 0 Å². The van der Waals surface area contributed by atoms with Gasteiger partial charge in [0.05, 0.1) is 33.7 Å². The fraction of sp³-hybridized carbons (Fsp3) is 0.238. The monoisotopic (exact) mass is 569 g/mol. The molecule has 0 saturated heterocycles. The number of halogens is 3. The van der Waals surface area contributed by atoms with Gasteiger partial charge in [-0.05, 0) is 51.8 Å². The third-order valence-corrected chi connectivity index (χ3v) is 5.62. The fourth-order valence-electron chi connectivity index (χ4n) is 2.76. The lowest BCUT2D eigenvalue weighted by Gasteiger charge is -2.12. The van der Waals surface area contributed by atoms with Crippen molar-refractivity contribution in [2.24, 2.45) is 5.10 Å². The summed E-state index contributed by atoms with van der Waals surface area (Å²) < 4.78 is 12.6. The van der Waals surface area contributed by atoms with Crippen LogP contribution in [-0.2, 0) is 9.53 Å². The number of aromatic nitrogens is 2. The molecule has 2 aromatic carbocycles. The van der Waals surface area contributed by atoms with Gasteiger partial charge in [0, 0.05) is 10.4 Å². The second kappa shape index (κ2) is 9.93. The molecule has 0 N–H and O–H groups in total. The minimum atomic E-state index is -0.523. The van der Waals surface area contributed by atoms with Crippen LogP contribution in [-0.4, -0.2) is 35.6 Å². The maximum atomic E-state index is 13.1. The number of hydrogen-bond acceptors (Lipinski definition) is 6. The van der Waals surface area contributed by atoms with Crippen molar-refractivity contribution < 1.29 is 14.3 Å². The van der Waals surface area contributed by atoms with Gasteiger partial charge in [-0.2, -0.15) is 9.78 Å². The number of nitrogens with zero attached hydrogens (tertiary/aromatic N) is 3. The minimum Gasteiger partial charge on any atom is -0.479 e. The van der Waals surface area contributed by atoms with Crippen molar-refractivity contribution in [2.45, 2.75) is 19.8 Å². The summed E-state index contributed by atoms with van der Waals surface area (Å²) in [6.07, 6.45) is 1.51. The first-order valence-electron chi connectivity index (χ1n) is 9.16. The van der Waals surface area contributed by atoms with Crippen LogP contribution >= 0.6 is 43.5 Å². The highest BCUT2D eigenvalue weighted by Gasteiger charge is 2.15. The number of carbonyl (C=O) groups excluding carboxylic acids is 1. The highest BCUT2D eigenvalue weighted by atomic mass is 79.9. The first-order chi connectivity index (χ1) is 14.7. The van der Waals surface area contributed by atoms with E-state index < -0.39 is 5.97 Å². The van der Waals surface area contributed by atoms with Crippen molar-refractivity contribution in [3.63, 3.8) is 0 Å². The Morgan fingerprint density at radius 1 is 1.29 bits per heavy atom. The maximum absolute atomic E-state index is 13.1. The Balaban J connectivity index is 2.01. The molecule has 1 heterocycles. The molecule has 1 aromatic heterocycles. The van der Waals surface area contributed by atoms with Crippen molar-refractivity contribution >= 4 is 66.5 Å². The van der Waals surface area contributed by atoms with E-state index in [9.17, 15) is 9.59 Å². The van der Waals surface area contributed by atoms with Gasteiger partial charge in [-0.3, -0.25) is 4.79 Å². The lowest BCUT2D eigenvalue weighted by molar-refractivity contribution is -0.142.